The maximum Gasteiger partial charge on any atom is 0.233 e. The van der Waals surface area contributed by atoms with Crippen LogP contribution in [0.15, 0.2) is 41.4 Å². The molecule has 4 rings (SSSR count). The van der Waals surface area contributed by atoms with E-state index in [0.29, 0.717) is 18.1 Å². The molecule has 21 heavy (non-hydrogen) atoms. The quantitative estimate of drug-likeness (QED) is 0.741. The van der Waals surface area contributed by atoms with Gasteiger partial charge < -0.3 is 9.09 Å². The molecule has 1 aliphatic rings. The zero-order chi connectivity index (χ0) is 14.4. The number of alkyl halides is 1. The first-order chi connectivity index (χ1) is 10.2. The van der Waals surface area contributed by atoms with Gasteiger partial charge in [0, 0.05) is 18.0 Å². The molecule has 2 aromatic heterocycles. The Morgan fingerprint density at radius 1 is 1.38 bits per heavy atom. The van der Waals surface area contributed by atoms with Gasteiger partial charge in [-0.05, 0) is 25.0 Å². The number of imidazole rings is 1. The molecule has 3 aromatic rings. The molecule has 0 amide bonds. The third-order valence-electron chi connectivity index (χ3n) is 3.72. The fourth-order valence-electron chi connectivity index (χ4n) is 2.35. The van der Waals surface area contributed by atoms with E-state index >= 15 is 0 Å². The summed E-state index contributed by atoms with van der Waals surface area (Å²) >= 11 is 0. The second-order valence-electron chi connectivity index (χ2n) is 5.29. The molecule has 0 bridgehead atoms. The van der Waals surface area contributed by atoms with Gasteiger partial charge in [0.2, 0.25) is 11.7 Å². The normalized spacial score (nSPS) is 20.7. The summed E-state index contributed by atoms with van der Waals surface area (Å²) in [6, 6.07) is 5.91. The molecule has 0 saturated heterocycles. The molecule has 2 atom stereocenters. The number of halogens is 1. The Hall–Kier alpha value is -2.50. The molecule has 0 N–H and O–H groups in total. The molecule has 1 fully saturated rings. The molecule has 1 aliphatic carbocycles. The predicted molar refractivity (Wildman–Crippen MR) is 73.8 cm³/mol. The summed E-state index contributed by atoms with van der Waals surface area (Å²) in [6.45, 7) is 2.03. The van der Waals surface area contributed by atoms with Crippen LogP contribution in [0.3, 0.4) is 0 Å². The summed E-state index contributed by atoms with van der Waals surface area (Å²) in [5.74, 6) is 0.664. The highest BCUT2D eigenvalue weighted by molar-refractivity contribution is 5.60. The van der Waals surface area contributed by atoms with Crippen molar-refractivity contribution in [2.45, 2.75) is 25.4 Å². The van der Waals surface area contributed by atoms with Gasteiger partial charge in [-0.15, -0.1) is 0 Å². The fraction of sp³-hybridized carbons (Fsp3) is 0.267. The average Bonchev–Trinajstić information content (AvgIpc) is 2.94. The summed E-state index contributed by atoms with van der Waals surface area (Å²) in [7, 11) is 0. The van der Waals surface area contributed by atoms with Crippen LogP contribution in [0.1, 0.15) is 23.8 Å². The van der Waals surface area contributed by atoms with Crippen molar-refractivity contribution in [3.63, 3.8) is 0 Å². The summed E-state index contributed by atoms with van der Waals surface area (Å²) in [4.78, 5) is 8.36. The van der Waals surface area contributed by atoms with Crippen molar-refractivity contribution < 1.29 is 8.91 Å². The molecule has 0 aliphatic heterocycles. The molecule has 1 aromatic carbocycles. The maximum atomic E-state index is 13.0. The van der Waals surface area contributed by atoms with Gasteiger partial charge in [0.25, 0.3) is 0 Å². The Balaban J connectivity index is 1.72. The number of nitrogens with zero attached hydrogens (tertiary/aromatic N) is 4. The van der Waals surface area contributed by atoms with Gasteiger partial charge in [-0.2, -0.15) is 4.98 Å². The van der Waals surface area contributed by atoms with Crippen LogP contribution in [0, 0.1) is 6.92 Å². The standard InChI is InChI=1S/C15H13FN4O/c1-9-2-3-10(6-13(9)20-5-4-17-8-20)14-18-15(21-19-14)11-7-12(11)16/h2-6,8,11-12H,7H2,1H3/t11-,12+/m1/s1. The van der Waals surface area contributed by atoms with Crippen LogP contribution >= 0.6 is 0 Å². The second-order valence-corrected chi connectivity index (χ2v) is 5.29. The molecule has 0 spiro atoms. The van der Waals surface area contributed by atoms with Crippen LogP contribution in [0.2, 0.25) is 0 Å². The van der Waals surface area contributed by atoms with Crippen LogP contribution in [-0.2, 0) is 0 Å². The lowest BCUT2D eigenvalue weighted by Crippen LogP contribution is -1.95. The van der Waals surface area contributed by atoms with E-state index in [1.54, 1.807) is 12.5 Å². The highest BCUT2D eigenvalue weighted by Gasteiger charge is 2.43. The molecule has 106 valence electrons. The lowest BCUT2D eigenvalue weighted by molar-refractivity contribution is 0.363. The van der Waals surface area contributed by atoms with E-state index in [1.165, 1.54) is 0 Å². The van der Waals surface area contributed by atoms with Crippen LogP contribution in [0.25, 0.3) is 17.1 Å². The minimum atomic E-state index is -0.835. The summed E-state index contributed by atoms with van der Waals surface area (Å²) in [5.41, 5.74) is 2.97. The minimum Gasteiger partial charge on any atom is -0.339 e. The van der Waals surface area contributed by atoms with Crippen LogP contribution in [-0.4, -0.2) is 25.9 Å². The van der Waals surface area contributed by atoms with Crippen molar-refractivity contribution in [2.75, 3.05) is 0 Å². The van der Waals surface area contributed by atoms with E-state index in [2.05, 4.69) is 15.1 Å². The monoisotopic (exact) mass is 284 g/mol. The van der Waals surface area contributed by atoms with Crippen LogP contribution < -0.4 is 0 Å². The second kappa shape index (κ2) is 4.51. The number of aromatic nitrogens is 4. The smallest absolute Gasteiger partial charge is 0.233 e. The van der Waals surface area contributed by atoms with Crippen molar-refractivity contribution in [3.8, 4) is 17.1 Å². The van der Waals surface area contributed by atoms with Gasteiger partial charge in [0.1, 0.15) is 6.17 Å². The zero-order valence-electron chi connectivity index (χ0n) is 11.4. The van der Waals surface area contributed by atoms with E-state index in [-0.39, 0.29) is 5.92 Å². The molecule has 1 saturated carbocycles. The van der Waals surface area contributed by atoms with E-state index < -0.39 is 6.17 Å². The first kappa shape index (κ1) is 12.3. The first-order valence-electron chi connectivity index (χ1n) is 6.79. The topological polar surface area (TPSA) is 56.7 Å². The molecule has 0 unspecified atom stereocenters. The van der Waals surface area contributed by atoms with Gasteiger partial charge in [0.05, 0.1) is 17.9 Å². The lowest BCUT2D eigenvalue weighted by atomic mass is 10.1. The summed E-state index contributed by atoms with van der Waals surface area (Å²) < 4.78 is 20.1. The largest absolute Gasteiger partial charge is 0.339 e. The van der Waals surface area contributed by atoms with Crippen LogP contribution in [0.4, 0.5) is 4.39 Å². The average molecular weight is 284 g/mol. The lowest BCUT2D eigenvalue weighted by Gasteiger charge is -2.07. The Morgan fingerprint density at radius 2 is 2.24 bits per heavy atom. The molecule has 6 heteroatoms. The Bertz CT molecular complexity index is 781. The first-order valence-corrected chi connectivity index (χ1v) is 6.79. The van der Waals surface area contributed by atoms with Crippen molar-refractivity contribution in [1.29, 1.82) is 0 Å². The highest BCUT2D eigenvalue weighted by atomic mass is 19.1. The SMILES string of the molecule is Cc1ccc(-c2noc([C@@H]3C[C@@H]3F)n2)cc1-n1ccnc1. The van der Waals surface area contributed by atoms with Gasteiger partial charge in [0.15, 0.2) is 0 Å². The number of benzene rings is 1. The molecule has 2 heterocycles. The molecule has 0 radical (unpaired) electrons. The van der Waals surface area contributed by atoms with Gasteiger partial charge in [-0.3, -0.25) is 0 Å². The van der Waals surface area contributed by atoms with Crippen LogP contribution in [0.5, 0.6) is 0 Å². The number of hydrogen-bond donors (Lipinski definition) is 0. The third kappa shape index (κ3) is 2.12. The van der Waals surface area contributed by atoms with E-state index in [4.69, 9.17) is 4.52 Å². The highest BCUT2D eigenvalue weighted by Crippen LogP contribution is 2.43. The number of aryl methyl sites for hydroxylation is 1. The number of rotatable bonds is 3. The Kier molecular flexibility index (Phi) is 2.63. The van der Waals surface area contributed by atoms with E-state index in [1.807, 2.05) is 35.9 Å². The van der Waals surface area contributed by atoms with E-state index in [0.717, 1.165) is 16.8 Å². The van der Waals surface area contributed by atoms with Crippen molar-refractivity contribution in [3.05, 3.63) is 48.4 Å². The van der Waals surface area contributed by atoms with Crippen molar-refractivity contribution in [1.82, 2.24) is 19.7 Å². The number of hydrogen-bond acceptors (Lipinski definition) is 4. The van der Waals surface area contributed by atoms with Crippen molar-refractivity contribution in [2.24, 2.45) is 0 Å². The summed E-state index contributed by atoms with van der Waals surface area (Å²) in [5, 5.41) is 3.96. The van der Waals surface area contributed by atoms with Crippen molar-refractivity contribution >= 4 is 0 Å². The van der Waals surface area contributed by atoms with Gasteiger partial charge in [-0.25, -0.2) is 9.37 Å². The molecule has 5 nitrogen and oxygen atoms in total. The molecular weight excluding hydrogens is 271 g/mol. The predicted octanol–water partition coefficient (Wildman–Crippen LogP) is 3.06. The van der Waals surface area contributed by atoms with Gasteiger partial charge in [-0.1, -0.05) is 17.3 Å². The van der Waals surface area contributed by atoms with E-state index in [9.17, 15) is 4.39 Å². The zero-order valence-corrected chi connectivity index (χ0v) is 11.4. The maximum absolute atomic E-state index is 13.0. The minimum absolute atomic E-state index is 0.218. The summed E-state index contributed by atoms with van der Waals surface area (Å²) in [6.07, 6.45) is 5.00. The Labute approximate surface area is 120 Å². The molecular formula is C15H13FN4O. The Morgan fingerprint density at radius 3 is 2.95 bits per heavy atom. The van der Waals surface area contributed by atoms with Gasteiger partial charge >= 0.3 is 0 Å². The third-order valence-corrected chi connectivity index (χ3v) is 3.72. The fourth-order valence-corrected chi connectivity index (χ4v) is 2.35.